The summed E-state index contributed by atoms with van der Waals surface area (Å²) in [6.45, 7) is 13.1. The lowest BCUT2D eigenvalue weighted by molar-refractivity contribution is -0.115. The maximum atomic E-state index is 12.7. The largest absolute Gasteiger partial charge is 0.430 e. The number of benzene rings is 1. The standard InChI is InChI=1S/C29H38O3/c1-16-9-7-11-21-13-25-27(18(3)26(16)21)19(4)28(32-25)31-24-14-22-12-8-10-17(2)29(22,6)15-23(24)20(5)30/h13,16-17,22H,7-12,14-15H2,1-6H3/t16-,17-,22+,29+/m0/s1. The van der Waals surface area contributed by atoms with Gasteiger partial charge < -0.3 is 9.15 Å². The zero-order chi connectivity index (χ0) is 22.8. The first-order valence-electron chi connectivity index (χ1n) is 12.7. The summed E-state index contributed by atoms with van der Waals surface area (Å²) < 4.78 is 12.8. The molecule has 2 aromatic rings. The minimum Gasteiger partial charge on any atom is -0.430 e. The van der Waals surface area contributed by atoms with Crippen molar-refractivity contribution in [3.8, 4) is 5.95 Å². The van der Waals surface area contributed by atoms with Crippen LogP contribution in [0.2, 0.25) is 0 Å². The lowest BCUT2D eigenvalue weighted by atomic mass is 9.55. The van der Waals surface area contributed by atoms with Crippen molar-refractivity contribution in [2.75, 3.05) is 0 Å². The number of hydrogen-bond donors (Lipinski definition) is 0. The van der Waals surface area contributed by atoms with Gasteiger partial charge in [-0.25, -0.2) is 0 Å². The molecule has 1 aromatic carbocycles. The van der Waals surface area contributed by atoms with E-state index in [0.29, 0.717) is 23.7 Å². The van der Waals surface area contributed by atoms with Gasteiger partial charge in [0.15, 0.2) is 5.78 Å². The second kappa shape index (κ2) is 7.78. The van der Waals surface area contributed by atoms with Crippen LogP contribution >= 0.6 is 0 Å². The van der Waals surface area contributed by atoms with Gasteiger partial charge >= 0.3 is 0 Å². The van der Waals surface area contributed by atoms with Crippen LogP contribution in [-0.4, -0.2) is 5.78 Å². The molecule has 0 radical (unpaired) electrons. The van der Waals surface area contributed by atoms with Crippen LogP contribution in [0.15, 0.2) is 21.8 Å². The first kappa shape index (κ1) is 21.8. The minimum atomic E-state index is 0.145. The van der Waals surface area contributed by atoms with Crippen LogP contribution < -0.4 is 4.74 Å². The molecule has 3 nitrogen and oxygen atoms in total. The molecule has 3 heteroatoms. The Hall–Kier alpha value is -2.03. The van der Waals surface area contributed by atoms with Gasteiger partial charge in [-0.1, -0.05) is 33.6 Å². The van der Waals surface area contributed by atoms with Crippen LogP contribution in [0.3, 0.4) is 0 Å². The third kappa shape index (κ3) is 3.26. The molecule has 32 heavy (non-hydrogen) atoms. The fraction of sp³-hybridized carbons (Fsp3) is 0.621. The molecule has 0 aliphatic heterocycles. The zero-order valence-electron chi connectivity index (χ0n) is 20.7. The number of ketones is 1. The van der Waals surface area contributed by atoms with Crippen molar-refractivity contribution >= 4 is 16.8 Å². The molecule has 1 aromatic heterocycles. The Morgan fingerprint density at radius 3 is 2.66 bits per heavy atom. The number of Topliss-reactive ketones (excluding diaryl/α,β-unsaturated/α-hetero) is 1. The molecule has 172 valence electrons. The molecule has 3 aliphatic rings. The molecule has 0 N–H and O–H groups in total. The zero-order valence-corrected chi connectivity index (χ0v) is 20.7. The maximum absolute atomic E-state index is 12.7. The molecule has 1 fully saturated rings. The van der Waals surface area contributed by atoms with Gasteiger partial charge in [-0.05, 0) is 98.8 Å². The summed E-state index contributed by atoms with van der Waals surface area (Å²) in [5.41, 5.74) is 7.36. The molecule has 1 heterocycles. The van der Waals surface area contributed by atoms with E-state index < -0.39 is 0 Å². The maximum Gasteiger partial charge on any atom is 0.293 e. The van der Waals surface area contributed by atoms with E-state index in [-0.39, 0.29) is 11.2 Å². The first-order chi connectivity index (χ1) is 15.2. The molecule has 0 bridgehead atoms. The smallest absolute Gasteiger partial charge is 0.293 e. The highest BCUT2D eigenvalue weighted by molar-refractivity contribution is 5.94. The van der Waals surface area contributed by atoms with Crippen molar-refractivity contribution in [2.45, 2.75) is 98.8 Å². The highest BCUT2D eigenvalue weighted by Crippen LogP contribution is 2.55. The monoisotopic (exact) mass is 434 g/mol. The van der Waals surface area contributed by atoms with Crippen LogP contribution in [0, 0.1) is 31.1 Å². The fourth-order valence-electron chi connectivity index (χ4n) is 7.18. The van der Waals surface area contributed by atoms with Crippen LogP contribution in [0.1, 0.15) is 101 Å². The Morgan fingerprint density at radius 1 is 1.12 bits per heavy atom. The Labute approximate surface area is 192 Å². The number of aryl methyl sites for hydroxylation is 3. The quantitative estimate of drug-likeness (QED) is 0.492. The predicted molar refractivity (Wildman–Crippen MR) is 129 cm³/mol. The van der Waals surface area contributed by atoms with Crippen molar-refractivity contribution in [3.05, 3.63) is 39.7 Å². The van der Waals surface area contributed by atoms with Gasteiger partial charge in [0.05, 0.1) is 0 Å². The van der Waals surface area contributed by atoms with Crippen LogP contribution in [-0.2, 0) is 11.2 Å². The normalized spacial score (nSPS) is 30.2. The molecular formula is C29H38O3. The number of furan rings is 1. The van der Waals surface area contributed by atoms with Crippen LogP contribution in [0.4, 0.5) is 0 Å². The van der Waals surface area contributed by atoms with Crippen molar-refractivity contribution in [1.29, 1.82) is 0 Å². The predicted octanol–water partition coefficient (Wildman–Crippen LogP) is 7.95. The Kier molecular flexibility index (Phi) is 5.30. The van der Waals surface area contributed by atoms with E-state index in [4.69, 9.17) is 9.15 Å². The van der Waals surface area contributed by atoms with Gasteiger partial charge in [0.2, 0.25) is 0 Å². The Bertz CT molecular complexity index is 1120. The van der Waals surface area contributed by atoms with Crippen molar-refractivity contribution in [1.82, 2.24) is 0 Å². The van der Waals surface area contributed by atoms with E-state index in [1.165, 1.54) is 54.2 Å². The summed E-state index contributed by atoms with van der Waals surface area (Å²) in [7, 11) is 0. The number of ether oxygens (including phenoxy) is 1. The summed E-state index contributed by atoms with van der Waals surface area (Å²) in [4.78, 5) is 12.7. The summed E-state index contributed by atoms with van der Waals surface area (Å²) >= 11 is 0. The van der Waals surface area contributed by atoms with E-state index in [9.17, 15) is 4.79 Å². The van der Waals surface area contributed by atoms with Gasteiger partial charge in [0.1, 0.15) is 11.3 Å². The van der Waals surface area contributed by atoms with E-state index in [0.717, 1.165) is 41.7 Å². The average Bonchev–Trinajstić information content (AvgIpc) is 3.04. The van der Waals surface area contributed by atoms with Gasteiger partial charge in [0.25, 0.3) is 5.95 Å². The molecule has 0 spiro atoms. The third-order valence-corrected chi connectivity index (χ3v) is 9.35. The van der Waals surface area contributed by atoms with Crippen LogP contribution in [0.25, 0.3) is 11.0 Å². The SMILES string of the molecule is CC(=O)C1=C(Oc2oc3cc4c(c(C)c3c2C)[C@@H](C)CCC4)C[C@H]2CCC[C@H](C)[C@@]2(C)C1. The van der Waals surface area contributed by atoms with Crippen LogP contribution in [0.5, 0.6) is 5.95 Å². The summed E-state index contributed by atoms with van der Waals surface area (Å²) in [5.74, 6) is 3.39. The molecule has 1 saturated carbocycles. The van der Waals surface area contributed by atoms with Crippen molar-refractivity contribution in [2.24, 2.45) is 17.3 Å². The number of fused-ring (bicyclic) bond motifs is 3. The van der Waals surface area contributed by atoms with Crippen molar-refractivity contribution < 1.29 is 13.9 Å². The number of allylic oxidation sites excluding steroid dienone is 2. The minimum absolute atomic E-state index is 0.145. The first-order valence-corrected chi connectivity index (χ1v) is 12.7. The number of carbonyl (C=O) groups excluding carboxylic acids is 1. The number of hydrogen-bond acceptors (Lipinski definition) is 3. The molecular weight excluding hydrogens is 396 g/mol. The topological polar surface area (TPSA) is 39.4 Å². The lowest BCUT2D eigenvalue weighted by Crippen LogP contribution is -2.42. The van der Waals surface area contributed by atoms with Gasteiger partial charge in [-0.2, -0.15) is 0 Å². The van der Waals surface area contributed by atoms with Gasteiger partial charge in [-0.15, -0.1) is 0 Å². The molecule has 0 saturated heterocycles. The second-order valence-electron chi connectivity index (χ2n) is 11.2. The molecule has 0 unspecified atom stereocenters. The molecule has 4 atom stereocenters. The number of rotatable bonds is 3. The highest BCUT2D eigenvalue weighted by Gasteiger charge is 2.47. The summed E-state index contributed by atoms with van der Waals surface area (Å²) in [6.07, 6.45) is 9.07. The van der Waals surface area contributed by atoms with E-state index in [2.05, 4.69) is 40.7 Å². The Morgan fingerprint density at radius 2 is 1.91 bits per heavy atom. The van der Waals surface area contributed by atoms with E-state index >= 15 is 0 Å². The molecule has 0 amide bonds. The van der Waals surface area contributed by atoms with E-state index in [1.54, 1.807) is 6.92 Å². The molecule has 3 aliphatic carbocycles. The number of carbonyl (C=O) groups is 1. The van der Waals surface area contributed by atoms with Gasteiger partial charge in [0, 0.05) is 22.9 Å². The lowest BCUT2D eigenvalue weighted by Gasteiger charge is -2.49. The Balaban J connectivity index is 1.57. The van der Waals surface area contributed by atoms with E-state index in [1.807, 2.05) is 0 Å². The highest BCUT2D eigenvalue weighted by atomic mass is 16.6. The third-order valence-electron chi connectivity index (χ3n) is 9.35. The average molecular weight is 435 g/mol. The molecule has 5 rings (SSSR count). The fourth-order valence-corrected chi connectivity index (χ4v) is 7.18. The van der Waals surface area contributed by atoms with Gasteiger partial charge in [-0.3, -0.25) is 4.79 Å². The van der Waals surface area contributed by atoms with Crippen molar-refractivity contribution in [3.63, 3.8) is 0 Å². The summed E-state index contributed by atoms with van der Waals surface area (Å²) in [5, 5.41) is 1.20. The second-order valence-corrected chi connectivity index (χ2v) is 11.2. The summed E-state index contributed by atoms with van der Waals surface area (Å²) in [6, 6.07) is 2.24.